The predicted molar refractivity (Wildman–Crippen MR) is 82.0 cm³/mol. The van der Waals surface area contributed by atoms with Crippen molar-refractivity contribution in [2.24, 2.45) is 0 Å². The molecule has 0 radical (unpaired) electrons. The minimum atomic E-state index is 0.444. The average molecular weight is 286 g/mol. The van der Waals surface area contributed by atoms with Crippen molar-refractivity contribution in [1.82, 2.24) is 19.9 Å². The van der Waals surface area contributed by atoms with E-state index in [1.807, 2.05) is 29.9 Å². The van der Waals surface area contributed by atoms with Crippen LogP contribution in [0, 0.1) is 6.92 Å². The van der Waals surface area contributed by atoms with Gasteiger partial charge in [-0.1, -0.05) is 0 Å². The Kier molecular flexibility index (Phi) is 3.80. The molecule has 0 spiro atoms. The van der Waals surface area contributed by atoms with E-state index in [2.05, 4.69) is 39.1 Å². The van der Waals surface area contributed by atoms with Crippen molar-refractivity contribution in [1.29, 1.82) is 0 Å². The van der Waals surface area contributed by atoms with Gasteiger partial charge < -0.3 is 5.32 Å². The van der Waals surface area contributed by atoms with Crippen LogP contribution >= 0.6 is 11.3 Å². The Bertz CT molecular complexity index is 687. The molecule has 0 amide bonds. The highest BCUT2D eigenvalue weighted by molar-refractivity contribution is 7.07. The fourth-order valence-electron chi connectivity index (χ4n) is 2.25. The second kappa shape index (κ2) is 5.73. The summed E-state index contributed by atoms with van der Waals surface area (Å²) in [4.78, 5) is 4.42. The van der Waals surface area contributed by atoms with Gasteiger partial charge in [0.25, 0.3) is 0 Å². The van der Waals surface area contributed by atoms with E-state index in [9.17, 15) is 0 Å². The van der Waals surface area contributed by atoms with E-state index in [0.717, 1.165) is 29.9 Å². The van der Waals surface area contributed by atoms with Gasteiger partial charge in [0.05, 0.1) is 5.69 Å². The second-order valence-corrected chi connectivity index (χ2v) is 5.95. The molecule has 1 N–H and O–H groups in total. The largest absolute Gasteiger partial charge is 0.310 e. The molecule has 0 aliphatic rings. The quantitative estimate of drug-likeness (QED) is 0.784. The lowest BCUT2D eigenvalue weighted by molar-refractivity contribution is 0.544. The topological polar surface area (TPSA) is 42.2 Å². The van der Waals surface area contributed by atoms with Gasteiger partial charge in [-0.25, -0.2) is 9.50 Å². The molecule has 0 fully saturated rings. The molecule has 1 unspecified atom stereocenters. The normalized spacial score (nSPS) is 12.9. The van der Waals surface area contributed by atoms with Crippen molar-refractivity contribution in [2.45, 2.75) is 32.9 Å². The molecule has 20 heavy (non-hydrogen) atoms. The van der Waals surface area contributed by atoms with Crippen LogP contribution in [-0.2, 0) is 13.0 Å². The molecule has 0 saturated carbocycles. The SMILES string of the molecule is Cc1cc2ncc(CNC(C)Cc3ccsc3)cn2n1. The van der Waals surface area contributed by atoms with Gasteiger partial charge in [-0.2, -0.15) is 16.4 Å². The number of rotatable bonds is 5. The Morgan fingerprint density at radius 1 is 1.40 bits per heavy atom. The molecule has 3 aromatic heterocycles. The summed E-state index contributed by atoms with van der Waals surface area (Å²) >= 11 is 1.75. The first-order chi connectivity index (χ1) is 9.70. The maximum absolute atomic E-state index is 4.42. The summed E-state index contributed by atoms with van der Waals surface area (Å²) < 4.78 is 1.84. The van der Waals surface area contributed by atoms with Gasteiger partial charge in [0.2, 0.25) is 0 Å². The van der Waals surface area contributed by atoms with E-state index in [4.69, 9.17) is 0 Å². The summed E-state index contributed by atoms with van der Waals surface area (Å²) in [6.07, 6.45) is 5.01. The van der Waals surface area contributed by atoms with Crippen molar-refractivity contribution < 1.29 is 0 Å². The van der Waals surface area contributed by atoms with E-state index < -0.39 is 0 Å². The maximum atomic E-state index is 4.42. The molecule has 3 aromatic rings. The van der Waals surface area contributed by atoms with E-state index in [1.165, 1.54) is 5.56 Å². The van der Waals surface area contributed by atoms with E-state index in [0.29, 0.717) is 6.04 Å². The zero-order valence-corrected chi connectivity index (χ0v) is 12.5. The third kappa shape index (κ3) is 3.05. The highest BCUT2D eigenvalue weighted by Gasteiger charge is 2.05. The lowest BCUT2D eigenvalue weighted by atomic mass is 10.1. The molecule has 0 aliphatic carbocycles. The fourth-order valence-corrected chi connectivity index (χ4v) is 2.93. The summed E-state index contributed by atoms with van der Waals surface area (Å²) in [7, 11) is 0. The van der Waals surface area contributed by atoms with Crippen molar-refractivity contribution in [3.05, 3.63) is 52.1 Å². The van der Waals surface area contributed by atoms with Crippen LogP contribution in [0.4, 0.5) is 0 Å². The van der Waals surface area contributed by atoms with Gasteiger partial charge >= 0.3 is 0 Å². The number of nitrogens with zero attached hydrogens (tertiary/aromatic N) is 3. The van der Waals surface area contributed by atoms with Crippen molar-refractivity contribution in [2.75, 3.05) is 0 Å². The lowest BCUT2D eigenvalue weighted by Gasteiger charge is -2.12. The zero-order valence-electron chi connectivity index (χ0n) is 11.7. The molecule has 1 atom stereocenters. The summed E-state index contributed by atoms with van der Waals surface area (Å²) in [6, 6.07) is 4.61. The molecule has 3 heterocycles. The van der Waals surface area contributed by atoms with Crippen LogP contribution in [0.15, 0.2) is 35.3 Å². The first-order valence-corrected chi connectivity index (χ1v) is 7.70. The van der Waals surface area contributed by atoms with E-state index >= 15 is 0 Å². The molecule has 0 aromatic carbocycles. The fraction of sp³-hybridized carbons (Fsp3) is 0.333. The van der Waals surface area contributed by atoms with Gasteiger partial charge in [0.15, 0.2) is 5.65 Å². The van der Waals surface area contributed by atoms with Crippen LogP contribution in [0.1, 0.15) is 23.7 Å². The van der Waals surface area contributed by atoms with Crippen LogP contribution in [0.2, 0.25) is 0 Å². The van der Waals surface area contributed by atoms with E-state index in [-0.39, 0.29) is 0 Å². The highest BCUT2D eigenvalue weighted by atomic mass is 32.1. The average Bonchev–Trinajstić information content (AvgIpc) is 3.04. The lowest BCUT2D eigenvalue weighted by Crippen LogP contribution is -2.27. The van der Waals surface area contributed by atoms with Crippen LogP contribution in [-0.4, -0.2) is 20.6 Å². The molecule has 0 aliphatic heterocycles. The molecule has 104 valence electrons. The van der Waals surface area contributed by atoms with Crippen molar-refractivity contribution in [3.63, 3.8) is 0 Å². The van der Waals surface area contributed by atoms with Gasteiger partial charge in [0, 0.05) is 36.6 Å². The van der Waals surface area contributed by atoms with Crippen molar-refractivity contribution >= 4 is 17.0 Å². The first-order valence-electron chi connectivity index (χ1n) is 6.76. The Morgan fingerprint density at radius 2 is 2.30 bits per heavy atom. The summed E-state index contributed by atoms with van der Waals surface area (Å²) in [5.74, 6) is 0. The predicted octanol–water partition coefficient (Wildman–Crippen LogP) is 2.82. The Labute approximate surface area is 122 Å². The van der Waals surface area contributed by atoms with Crippen LogP contribution in [0.5, 0.6) is 0 Å². The van der Waals surface area contributed by atoms with E-state index in [1.54, 1.807) is 11.3 Å². The first kappa shape index (κ1) is 13.3. The number of hydrogen-bond acceptors (Lipinski definition) is 4. The maximum Gasteiger partial charge on any atom is 0.155 e. The molecule has 4 nitrogen and oxygen atoms in total. The molecule has 0 bridgehead atoms. The number of fused-ring (bicyclic) bond motifs is 1. The second-order valence-electron chi connectivity index (χ2n) is 5.17. The highest BCUT2D eigenvalue weighted by Crippen LogP contribution is 2.09. The zero-order chi connectivity index (χ0) is 13.9. The third-order valence-electron chi connectivity index (χ3n) is 3.27. The molecule has 0 saturated heterocycles. The minimum absolute atomic E-state index is 0.444. The number of thiophene rings is 1. The van der Waals surface area contributed by atoms with Gasteiger partial charge in [-0.15, -0.1) is 0 Å². The van der Waals surface area contributed by atoms with Crippen LogP contribution in [0.25, 0.3) is 5.65 Å². The smallest absolute Gasteiger partial charge is 0.155 e. The molecular weight excluding hydrogens is 268 g/mol. The number of nitrogens with one attached hydrogen (secondary N) is 1. The van der Waals surface area contributed by atoms with Crippen LogP contribution < -0.4 is 5.32 Å². The number of aryl methyl sites for hydroxylation is 1. The number of hydrogen-bond donors (Lipinski definition) is 1. The van der Waals surface area contributed by atoms with Crippen LogP contribution in [0.3, 0.4) is 0 Å². The summed E-state index contributed by atoms with van der Waals surface area (Å²) in [5, 5.41) is 12.3. The summed E-state index contributed by atoms with van der Waals surface area (Å²) in [5.41, 5.74) is 4.44. The standard InChI is InChI=1S/C15H18N4S/c1-11(5-13-3-4-20-10-13)16-7-14-8-17-15-6-12(2)18-19(15)9-14/h3-4,6,8-11,16H,5,7H2,1-2H3. The minimum Gasteiger partial charge on any atom is -0.310 e. The Hall–Kier alpha value is -1.72. The Balaban J connectivity index is 1.61. The van der Waals surface area contributed by atoms with Gasteiger partial charge in [-0.3, -0.25) is 0 Å². The molecule has 5 heteroatoms. The molecular formula is C15H18N4S. The van der Waals surface area contributed by atoms with Gasteiger partial charge in [-0.05, 0) is 42.7 Å². The Morgan fingerprint density at radius 3 is 3.10 bits per heavy atom. The number of aromatic nitrogens is 3. The third-order valence-corrected chi connectivity index (χ3v) is 4.00. The molecule has 3 rings (SSSR count). The van der Waals surface area contributed by atoms with Gasteiger partial charge in [0.1, 0.15) is 0 Å². The summed E-state index contributed by atoms with van der Waals surface area (Å²) in [6.45, 7) is 5.00. The monoisotopic (exact) mass is 286 g/mol. The van der Waals surface area contributed by atoms with Crippen molar-refractivity contribution in [3.8, 4) is 0 Å².